The van der Waals surface area contributed by atoms with Crippen molar-refractivity contribution in [2.24, 2.45) is 5.41 Å². The SMILES string of the molecule is CCOc1ccc(C(C)C)cc1C(C)C(C)(C)C. The molecule has 1 aromatic rings. The maximum absolute atomic E-state index is 5.79. The first-order valence-electron chi connectivity index (χ1n) is 7.04. The lowest BCUT2D eigenvalue weighted by Gasteiger charge is -2.29. The van der Waals surface area contributed by atoms with Gasteiger partial charge in [0, 0.05) is 0 Å². The van der Waals surface area contributed by atoms with Crippen LogP contribution in [0.25, 0.3) is 0 Å². The summed E-state index contributed by atoms with van der Waals surface area (Å²) in [5, 5.41) is 0. The van der Waals surface area contributed by atoms with Crippen LogP contribution in [0.3, 0.4) is 0 Å². The van der Waals surface area contributed by atoms with E-state index in [0.29, 0.717) is 11.8 Å². The molecular weight excluding hydrogens is 220 g/mol. The van der Waals surface area contributed by atoms with Crippen molar-refractivity contribution >= 4 is 0 Å². The molecule has 1 nitrogen and oxygen atoms in total. The van der Waals surface area contributed by atoms with Gasteiger partial charge in [-0.2, -0.15) is 0 Å². The molecule has 1 atom stereocenters. The molecular formula is C17H28O. The number of hydrogen-bond donors (Lipinski definition) is 0. The van der Waals surface area contributed by atoms with E-state index in [0.717, 1.165) is 12.4 Å². The van der Waals surface area contributed by atoms with Crippen molar-refractivity contribution in [2.75, 3.05) is 6.61 Å². The van der Waals surface area contributed by atoms with Gasteiger partial charge in [-0.25, -0.2) is 0 Å². The highest BCUT2D eigenvalue weighted by Gasteiger charge is 2.25. The van der Waals surface area contributed by atoms with E-state index < -0.39 is 0 Å². The molecule has 102 valence electrons. The average molecular weight is 248 g/mol. The molecule has 1 unspecified atom stereocenters. The zero-order valence-electron chi connectivity index (χ0n) is 13.0. The van der Waals surface area contributed by atoms with Crippen LogP contribution in [0.1, 0.15) is 71.4 Å². The van der Waals surface area contributed by atoms with Crippen molar-refractivity contribution in [3.8, 4) is 5.75 Å². The van der Waals surface area contributed by atoms with Gasteiger partial charge in [-0.3, -0.25) is 0 Å². The van der Waals surface area contributed by atoms with Gasteiger partial charge in [0.1, 0.15) is 5.75 Å². The maximum atomic E-state index is 5.79. The van der Waals surface area contributed by atoms with Crippen molar-refractivity contribution in [3.63, 3.8) is 0 Å². The summed E-state index contributed by atoms with van der Waals surface area (Å²) in [5.74, 6) is 2.09. The molecule has 0 saturated heterocycles. The van der Waals surface area contributed by atoms with E-state index in [-0.39, 0.29) is 5.41 Å². The first-order chi connectivity index (χ1) is 8.27. The van der Waals surface area contributed by atoms with Gasteiger partial charge in [-0.15, -0.1) is 0 Å². The molecule has 0 aromatic heterocycles. The van der Waals surface area contributed by atoms with Crippen LogP contribution >= 0.6 is 0 Å². The van der Waals surface area contributed by atoms with Gasteiger partial charge < -0.3 is 4.74 Å². The van der Waals surface area contributed by atoms with Gasteiger partial charge >= 0.3 is 0 Å². The molecule has 0 aliphatic heterocycles. The fourth-order valence-corrected chi connectivity index (χ4v) is 2.02. The minimum atomic E-state index is 0.251. The third-order valence-electron chi connectivity index (χ3n) is 3.77. The first-order valence-corrected chi connectivity index (χ1v) is 7.04. The zero-order chi connectivity index (χ0) is 13.9. The smallest absolute Gasteiger partial charge is 0.122 e. The minimum Gasteiger partial charge on any atom is -0.494 e. The van der Waals surface area contributed by atoms with Crippen molar-refractivity contribution in [3.05, 3.63) is 29.3 Å². The monoisotopic (exact) mass is 248 g/mol. The summed E-state index contributed by atoms with van der Waals surface area (Å²) in [7, 11) is 0. The summed E-state index contributed by atoms with van der Waals surface area (Å²) in [6, 6.07) is 6.65. The fraction of sp³-hybridized carbons (Fsp3) is 0.647. The Labute approximate surface area is 113 Å². The molecule has 0 amide bonds. The van der Waals surface area contributed by atoms with Crippen molar-refractivity contribution in [1.82, 2.24) is 0 Å². The van der Waals surface area contributed by atoms with Crippen LogP contribution in [0.5, 0.6) is 5.75 Å². The summed E-state index contributed by atoms with van der Waals surface area (Å²) >= 11 is 0. The van der Waals surface area contributed by atoms with Crippen LogP contribution in [0.15, 0.2) is 18.2 Å². The third-order valence-corrected chi connectivity index (χ3v) is 3.77. The van der Waals surface area contributed by atoms with Gasteiger partial charge in [0.2, 0.25) is 0 Å². The van der Waals surface area contributed by atoms with E-state index in [1.54, 1.807) is 0 Å². The second kappa shape index (κ2) is 5.77. The predicted octanol–water partition coefficient (Wildman–Crippen LogP) is 5.36. The third kappa shape index (κ3) is 3.51. The van der Waals surface area contributed by atoms with E-state index >= 15 is 0 Å². The van der Waals surface area contributed by atoms with E-state index in [2.05, 4.69) is 59.7 Å². The highest BCUT2D eigenvalue weighted by molar-refractivity contribution is 5.41. The quantitative estimate of drug-likeness (QED) is 0.697. The van der Waals surface area contributed by atoms with E-state index in [1.165, 1.54) is 11.1 Å². The largest absolute Gasteiger partial charge is 0.494 e. The maximum Gasteiger partial charge on any atom is 0.122 e. The fourth-order valence-electron chi connectivity index (χ4n) is 2.02. The predicted molar refractivity (Wildman–Crippen MR) is 79.6 cm³/mol. The van der Waals surface area contributed by atoms with E-state index in [1.807, 2.05) is 6.92 Å². The molecule has 0 aliphatic carbocycles. The zero-order valence-corrected chi connectivity index (χ0v) is 13.0. The molecule has 1 aromatic carbocycles. The summed E-state index contributed by atoms with van der Waals surface area (Å²) in [6.45, 7) is 16.4. The standard InChI is InChI=1S/C17H28O/c1-8-18-16-10-9-14(12(2)3)11-15(16)13(4)17(5,6)7/h9-13H,8H2,1-7H3. The Morgan fingerprint density at radius 1 is 1.11 bits per heavy atom. The van der Waals surface area contributed by atoms with Crippen LogP contribution in [-0.2, 0) is 0 Å². The Bertz CT molecular complexity index is 385. The van der Waals surface area contributed by atoms with E-state index in [4.69, 9.17) is 4.74 Å². The molecule has 1 heteroatoms. The topological polar surface area (TPSA) is 9.23 Å². The number of benzene rings is 1. The van der Waals surface area contributed by atoms with Crippen molar-refractivity contribution in [1.29, 1.82) is 0 Å². The van der Waals surface area contributed by atoms with Crippen LogP contribution < -0.4 is 4.74 Å². The summed E-state index contributed by atoms with van der Waals surface area (Å²) in [5.41, 5.74) is 2.99. The number of rotatable bonds is 4. The molecule has 0 aliphatic rings. The molecule has 0 radical (unpaired) electrons. The number of ether oxygens (including phenoxy) is 1. The molecule has 18 heavy (non-hydrogen) atoms. The Kier molecular flexibility index (Phi) is 4.84. The summed E-state index contributed by atoms with van der Waals surface area (Å²) < 4.78 is 5.79. The lowest BCUT2D eigenvalue weighted by Crippen LogP contribution is -2.16. The molecule has 0 heterocycles. The average Bonchev–Trinajstić information content (AvgIpc) is 2.27. The van der Waals surface area contributed by atoms with Gasteiger partial charge in [0.05, 0.1) is 6.61 Å². The van der Waals surface area contributed by atoms with Gasteiger partial charge in [0.15, 0.2) is 0 Å². The van der Waals surface area contributed by atoms with Gasteiger partial charge in [0.25, 0.3) is 0 Å². The van der Waals surface area contributed by atoms with Gasteiger partial charge in [-0.1, -0.05) is 53.7 Å². The van der Waals surface area contributed by atoms with Crippen molar-refractivity contribution < 1.29 is 4.74 Å². The molecule has 1 rings (SSSR count). The Balaban J connectivity index is 3.23. The summed E-state index contributed by atoms with van der Waals surface area (Å²) in [6.07, 6.45) is 0. The Morgan fingerprint density at radius 3 is 2.17 bits per heavy atom. The molecule has 0 spiro atoms. The minimum absolute atomic E-state index is 0.251. The molecule has 0 saturated carbocycles. The first kappa shape index (κ1) is 15.1. The second-order valence-corrected chi connectivity index (χ2v) is 6.47. The van der Waals surface area contributed by atoms with Crippen LogP contribution in [0, 0.1) is 5.41 Å². The summed E-state index contributed by atoms with van der Waals surface area (Å²) in [4.78, 5) is 0. The van der Waals surface area contributed by atoms with Crippen LogP contribution in [0.4, 0.5) is 0 Å². The number of hydrogen-bond acceptors (Lipinski definition) is 1. The second-order valence-electron chi connectivity index (χ2n) is 6.47. The van der Waals surface area contributed by atoms with Crippen LogP contribution in [-0.4, -0.2) is 6.61 Å². The lowest BCUT2D eigenvalue weighted by molar-refractivity contribution is 0.305. The van der Waals surface area contributed by atoms with Crippen molar-refractivity contribution in [2.45, 2.75) is 60.3 Å². The Morgan fingerprint density at radius 2 is 1.72 bits per heavy atom. The highest BCUT2D eigenvalue weighted by atomic mass is 16.5. The molecule has 0 fully saturated rings. The van der Waals surface area contributed by atoms with Crippen LogP contribution in [0.2, 0.25) is 0 Å². The normalized spacial score (nSPS) is 13.8. The lowest BCUT2D eigenvalue weighted by atomic mass is 9.77. The Hall–Kier alpha value is -0.980. The van der Waals surface area contributed by atoms with E-state index in [9.17, 15) is 0 Å². The molecule has 0 N–H and O–H groups in total. The van der Waals surface area contributed by atoms with Gasteiger partial charge in [-0.05, 0) is 41.4 Å². The highest BCUT2D eigenvalue weighted by Crippen LogP contribution is 2.40. The molecule has 0 bridgehead atoms.